The van der Waals surface area contributed by atoms with Crippen LogP contribution in [0.25, 0.3) is 72.8 Å². The second-order valence-corrected chi connectivity index (χ2v) is 18.9. The summed E-state index contributed by atoms with van der Waals surface area (Å²) in [5.74, 6) is 0. The molecular weight excluding hydrogens is 807 g/mol. The van der Waals surface area contributed by atoms with Gasteiger partial charge in [0, 0.05) is 22.5 Å². The van der Waals surface area contributed by atoms with Gasteiger partial charge in [-0.15, -0.1) is 0 Å². The molecule has 0 saturated heterocycles. The van der Waals surface area contributed by atoms with Crippen LogP contribution < -0.4 is 4.90 Å². The number of fused-ring (bicyclic) bond motifs is 13. The lowest BCUT2D eigenvalue weighted by atomic mass is 9.70. The molecule has 0 saturated carbocycles. The quantitative estimate of drug-likeness (QED) is 0.154. The Labute approximate surface area is 393 Å². The lowest BCUT2D eigenvalue weighted by molar-refractivity contribution is 0.660. The smallest absolute Gasteiger partial charge is 0.0725 e. The van der Waals surface area contributed by atoms with Gasteiger partial charge in [0.1, 0.15) is 0 Å². The molecule has 0 heterocycles. The van der Waals surface area contributed by atoms with Gasteiger partial charge in [0.05, 0.1) is 5.41 Å². The predicted octanol–water partition coefficient (Wildman–Crippen LogP) is 17.5. The third-order valence-electron chi connectivity index (χ3n) is 15.1. The lowest BCUT2D eigenvalue weighted by Crippen LogP contribution is -2.26. The minimum absolute atomic E-state index is 0.113. The molecule has 67 heavy (non-hydrogen) atoms. The molecule has 3 aliphatic carbocycles. The number of anilines is 3. The van der Waals surface area contributed by atoms with Gasteiger partial charge >= 0.3 is 0 Å². The molecule has 13 rings (SSSR count). The molecule has 0 radical (unpaired) electrons. The summed E-state index contributed by atoms with van der Waals surface area (Å²) >= 11 is 0. The van der Waals surface area contributed by atoms with Gasteiger partial charge in [0.25, 0.3) is 0 Å². The first-order chi connectivity index (χ1) is 32.9. The Morgan fingerprint density at radius 3 is 1.31 bits per heavy atom. The zero-order valence-electron chi connectivity index (χ0n) is 37.7. The van der Waals surface area contributed by atoms with Gasteiger partial charge in [-0.1, -0.05) is 202 Å². The Hall–Kier alpha value is -8.26. The Balaban J connectivity index is 0.941. The molecule has 0 amide bonds. The SMILES string of the molecule is C=Cc1cccc(-c2ccc3c(c2)C2(c4ccccc4-c4ccc(-c5ccc(N(c6ccc(-c7ccccc7)cc6)c6ccc7c(c6)C(C)(C)c6ccccc6-7)cc5)cc42)c2ccccc2-3)c1. The summed E-state index contributed by atoms with van der Waals surface area (Å²) in [6, 6.07) is 86.0. The fraction of sp³-hybridized carbons (Fsp3) is 0.0606. The molecule has 1 heteroatoms. The monoisotopic (exact) mass is 853 g/mol. The van der Waals surface area contributed by atoms with Gasteiger partial charge in [0.15, 0.2) is 0 Å². The molecule has 0 bridgehead atoms. The fourth-order valence-corrected chi connectivity index (χ4v) is 11.9. The topological polar surface area (TPSA) is 3.24 Å². The Morgan fingerprint density at radius 2 is 0.716 bits per heavy atom. The van der Waals surface area contributed by atoms with Crippen LogP contribution in [-0.4, -0.2) is 0 Å². The number of benzene rings is 10. The van der Waals surface area contributed by atoms with E-state index in [-0.39, 0.29) is 5.41 Å². The molecule has 0 aromatic heterocycles. The van der Waals surface area contributed by atoms with Crippen LogP contribution in [0.1, 0.15) is 52.8 Å². The van der Waals surface area contributed by atoms with E-state index in [2.05, 4.69) is 256 Å². The summed E-state index contributed by atoms with van der Waals surface area (Å²) in [7, 11) is 0. The summed E-state index contributed by atoms with van der Waals surface area (Å²) in [6.07, 6.45) is 1.93. The van der Waals surface area contributed by atoms with Crippen molar-refractivity contribution >= 4 is 23.1 Å². The molecule has 0 aliphatic heterocycles. The first-order valence-corrected chi connectivity index (χ1v) is 23.4. The summed E-state index contributed by atoms with van der Waals surface area (Å²) in [5.41, 5.74) is 27.1. The van der Waals surface area contributed by atoms with E-state index in [0.29, 0.717) is 0 Å². The Kier molecular flexibility index (Phi) is 8.70. The number of hydrogen-bond donors (Lipinski definition) is 0. The highest BCUT2D eigenvalue weighted by atomic mass is 15.1. The normalized spacial score (nSPS) is 15.3. The first kappa shape index (κ1) is 39.1. The van der Waals surface area contributed by atoms with E-state index in [1.165, 1.54) is 100 Å². The predicted molar refractivity (Wildman–Crippen MR) is 281 cm³/mol. The van der Waals surface area contributed by atoms with E-state index in [1.54, 1.807) is 0 Å². The van der Waals surface area contributed by atoms with Crippen molar-refractivity contribution in [2.24, 2.45) is 0 Å². The van der Waals surface area contributed by atoms with Gasteiger partial charge in [0.2, 0.25) is 0 Å². The highest BCUT2D eigenvalue weighted by Gasteiger charge is 2.51. The molecule has 10 aromatic rings. The van der Waals surface area contributed by atoms with Crippen LogP contribution >= 0.6 is 0 Å². The standard InChI is InChI=1S/C66H47N/c1-4-43-15-14-18-47(39-43)49-30-37-58-55-21-10-13-24-61(55)66(64(58)41-49)60-23-12-9-20-54(60)57-36-29-48(40-63(57)66)46-27-33-51(34-28-46)67(50-31-25-45(26-32-50)44-16-6-5-7-17-44)52-35-38-56-53-19-8-11-22-59(53)65(2,3)62(56)42-52/h4-42H,1H2,2-3H3. The molecule has 1 nitrogen and oxygen atoms in total. The maximum Gasteiger partial charge on any atom is 0.0725 e. The third kappa shape index (κ3) is 5.81. The maximum absolute atomic E-state index is 4.07. The second kappa shape index (κ2) is 14.9. The van der Waals surface area contributed by atoms with Crippen molar-refractivity contribution in [2.45, 2.75) is 24.7 Å². The zero-order chi connectivity index (χ0) is 44.9. The summed E-state index contributed by atoms with van der Waals surface area (Å²) in [5, 5.41) is 0. The average molecular weight is 854 g/mol. The summed E-state index contributed by atoms with van der Waals surface area (Å²) < 4.78 is 0. The zero-order valence-corrected chi connectivity index (χ0v) is 37.7. The maximum atomic E-state index is 4.07. The molecule has 1 atom stereocenters. The van der Waals surface area contributed by atoms with E-state index in [9.17, 15) is 0 Å². The van der Waals surface area contributed by atoms with E-state index >= 15 is 0 Å². The summed E-state index contributed by atoms with van der Waals surface area (Å²) in [4.78, 5) is 2.42. The Morgan fingerprint density at radius 1 is 0.313 bits per heavy atom. The van der Waals surface area contributed by atoms with Crippen molar-refractivity contribution < 1.29 is 0 Å². The minimum Gasteiger partial charge on any atom is -0.310 e. The Bertz CT molecular complexity index is 3600. The third-order valence-corrected chi connectivity index (χ3v) is 15.1. The van der Waals surface area contributed by atoms with E-state index in [0.717, 1.165) is 22.6 Å². The highest BCUT2D eigenvalue weighted by molar-refractivity contribution is 5.97. The van der Waals surface area contributed by atoms with Gasteiger partial charge in [-0.05, 0) is 160 Å². The van der Waals surface area contributed by atoms with Crippen LogP contribution in [0.2, 0.25) is 0 Å². The van der Waals surface area contributed by atoms with Crippen molar-refractivity contribution in [1.29, 1.82) is 0 Å². The second-order valence-electron chi connectivity index (χ2n) is 18.9. The molecule has 316 valence electrons. The fourth-order valence-electron chi connectivity index (χ4n) is 11.9. The average Bonchev–Trinajstić information content (AvgIpc) is 3.95. The van der Waals surface area contributed by atoms with Gasteiger partial charge in [-0.2, -0.15) is 0 Å². The highest BCUT2D eigenvalue weighted by Crippen LogP contribution is 2.63. The minimum atomic E-state index is -0.469. The first-order valence-electron chi connectivity index (χ1n) is 23.4. The van der Waals surface area contributed by atoms with Crippen LogP contribution in [-0.2, 0) is 10.8 Å². The molecule has 0 N–H and O–H groups in total. The number of nitrogens with zero attached hydrogens (tertiary/aromatic N) is 1. The van der Waals surface area contributed by atoms with Gasteiger partial charge in [-0.25, -0.2) is 0 Å². The van der Waals surface area contributed by atoms with Gasteiger partial charge < -0.3 is 4.90 Å². The number of rotatable bonds is 7. The molecule has 1 spiro atoms. The van der Waals surface area contributed by atoms with E-state index in [4.69, 9.17) is 0 Å². The summed E-state index contributed by atoms with van der Waals surface area (Å²) in [6.45, 7) is 8.78. The van der Waals surface area contributed by atoms with E-state index < -0.39 is 5.41 Å². The van der Waals surface area contributed by atoms with Crippen LogP contribution in [0.15, 0.2) is 237 Å². The largest absolute Gasteiger partial charge is 0.310 e. The molecule has 3 aliphatic rings. The van der Waals surface area contributed by atoms with Crippen molar-refractivity contribution in [3.63, 3.8) is 0 Å². The lowest BCUT2D eigenvalue weighted by Gasteiger charge is -2.31. The molecule has 0 fully saturated rings. The number of hydrogen-bond acceptors (Lipinski definition) is 1. The van der Waals surface area contributed by atoms with E-state index in [1.807, 2.05) is 6.08 Å². The van der Waals surface area contributed by atoms with Crippen molar-refractivity contribution in [2.75, 3.05) is 4.90 Å². The molecular formula is C66H47N. The molecule has 1 unspecified atom stereocenters. The van der Waals surface area contributed by atoms with Crippen LogP contribution in [0.3, 0.4) is 0 Å². The van der Waals surface area contributed by atoms with Crippen molar-refractivity contribution in [3.05, 3.63) is 276 Å². The van der Waals surface area contributed by atoms with Crippen molar-refractivity contribution in [1.82, 2.24) is 0 Å². The van der Waals surface area contributed by atoms with Crippen LogP contribution in [0, 0.1) is 0 Å². The van der Waals surface area contributed by atoms with Crippen LogP contribution in [0.4, 0.5) is 17.1 Å². The van der Waals surface area contributed by atoms with Crippen molar-refractivity contribution in [3.8, 4) is 66.8 Å². The van der Waals surface area contributed by atoms with Gasteiger partial charge in [-0.3, -0.25) is 0 Å². The molecule has 10 aromatic carbocycles. The van der Waals surface area contributed by atoms with Crippen LogP contribution in [0.5, 0.6) is 0 Å².